The van der Waals surface area contributed by atoms with Crippen molar-refractivity contribution in [1.82, 2.24) is 10.6 Å². The van der Waals surface area contributed by atoms with Crippen LogP contribution in [0.3, 0.4) is 0 Å². The molecule has 0 bridgehead atoms. The number of nitrogens with one attached hydrogen (secondary N) is 2. The Morgan fingerprint density at radius 2 is 1.40 bits per heavy atom. The van der Waals surface area contributed by atoms with Crippen LogP contribution >= 0.6 is 0 Å². The average molecular weight is 340 g/mol. The lowest BCUT2D eigenvalue weighted by Gasteiger charge is -2.18. The summed E-state index contributed by atoms with van der Waals surface area (Å²) in [6.07, 6.45) is 0.673. The first-order valence-electron chi connectivity index (χ1n) is 8.37. The summed E-state index contributed by atoms with van der Waals surface area (Å²) in [6, 6.07) is 19.9. The van der Waals surface area contributed by atoms with Gasteiger partial charge >= 0.3 is 11.8 Å². The second-order valence-electron chi connectivity index (χ2n) is 5.69. The number of hydrogen-bond donors (Lipinski definition) is 2. The number of carbonyl (C=O) groups excluding carboxylic acids is 2. The Kier molecular flexibility index (Phi) is 7.66. The maximum Gasteiger partial charge on any atom is 0.309 e. The van der Waals surface area contributed by atoms with Gasteiger partial charge in [-0.2, -0.15) is 0 Å². The van der Waals surface area contributed by atoms with Gasteiger partial charge < -0.3 is 15.4 Å². The zero-order valence-corrected chi connectivity index (χ0v) is 14.4. The first-order valence-corrected chi connectivity index (χ1v) is 8.37. The molecule has 0 aliphatic rings. The first-order chi connectivity index (χ1) is 12.2. The van der Waals surface area contributed by atoms with Gasteiger partial charge in [-0.05, 0) is 17.5 Å². The molecule has 132 valence electrons. The third kappa shape index (κ3) is 6.04. The molecule has 0 saturated heterocycles. The molecule has 0 aromatic heterocycles. The molecule has 0 atom stereocenters. The van der Waals surface area contributed by atoms with Crippen molar-refractivity contribution in [3.8, 4) is 0 Å². The van der Waals surface area contributed by atoms with E-state index >= 15 is 0 Å². The zero-order valence-electron chi connectivity index (χ0n) is 14.4. The Hall–Kier alpha value is -2.66. The van der Waals surface area contributed by atoms with E-state index in [-0.39, 0.29) is 5.92 Å². The van der Waals surface area contributed by atoms with Crippen LogP contribution in [0.15, 0.2) is 60.7 Å². The van der Waals surface area contributed by atoms with Crippen LogP contribution < -0.4 is 10.6 Å². The van der Waals surface area contributed by atoms with E-state index < -0.39 is 11.8 Å². The van der Waals surface area contributed by atoms with Gasteiger partial charge in [-0.15, -0.1) is 0 Å². The van der Waals surface area contributed by atoms with Crippen molar-refractivity contribution < 1.29 is 14.3 Å². The summed E-state index contributed by atoms with van der Waals surface area (Å²) >= 11 is 0. The number of ether oxygens (including phenoxy) is 1. The molecule has 2 N–H and O–H groups in total. The number of hydrogen-bond acceptors (Lipinski definition) is 3. The maximum atomic E-state index is 12.0. The Bertz CT molecular complexity index is 620. The van der Waals surface area contributed by atoms with Crippen molar-refractivity contribution in [2.75, 3.05) is 26.8 Å². The lowest BCUT2D eigenvalue weighted by molar-refractivity contribution is -0.139. The van der Waals surface area contributed by atoms with Crippen LogP contribution in [0.5, 0.6) is 0 Å². The fraction of sp³-hybridized carbons (Fsp3) is 0.300. The van der Waals surface area contributed by atoms with E-state index in [0.717, 1.165) is 11.1 Å². The van der Waals surface area contributed by atoms with Crippen molar-refractivity contribution in [2.24, 2.45) is 0 Å². The summed E-state index contributed by atoms with van der Waals surface area (Å²) in [7, 11) is 1.60. The van der Waals surface area contributed by atoms with Crippen LogP contribution in [-0.2, 0) is 14.3 Å². The summed E-state index contributed by atoms with van der Waals surface area (Å²) in [5, 5.41) is 5.33. The standard InChI is InChI=1S/C20H24N2O3/c1-25-14-8-13-21-19(23)20(24)22-15-18(16-9-4-2-5-10-16)17-11-6-3-7-12-17/h2-7,9-12,18H,8,13-15H2,1H3,(H,21,23)(H,22,24). The molecule has 0 aliphatic heterocycles. The van der Waals surface area contributed by atoms with Crippen LogP contribution in [0.2, 0.25) is 0 Å². The van der Waals surface area contributed by atoms with E-state index in [1.165, 1.54) is 0 Å². The van der Waals surface area contributed by atoms with E-state index in [2.05, 4.69) is 10.6 Å². The molecule has 2 aromatic carbocycles. The number of amides is 2. The van der Waals surface area contributed by atoms with Crippen molar-refractivity contribution >= 4 is 11.8 Å². The maximum absolute atomic E-state index is 12.0. The summed E-state index contributed by atoms with van der Waals surface area (Å²) in [5.41, 5.74) is 2.18. The number of rotatable bonds is 8. The smallest absolute Gasteiger partial charge is 0.309 e. The minimum Gasteiger partial charge on any atom is -0.385 e. The van der Waals surface area contributed by atoms with E-state index in [0.29, 0.717) is 26.1 Å². The van der Waals surface area contributed by atoms with Crippen molar-refractivity contribution in [1.29, 1.82) is 0 Å². The molecule has 25 heavy (non-hydrogen) atoms. The molecular formula is C20H24N2O3. The van der Waals surface area contributed by atoms with Crippen molar-refractivity contribution in [3.05, 3.63) is 71.8 Å². The summed E-state index contributed by atoms with van der Waals surface area (Å²) in [6.45, 7) is 1.32. The van der Waals surface area contributed by atoms with E-state index in [1.807, 2.05) is 60.7 Å². The molecule has 2 rings (SSSR count). The van der Waals surface area contributed by atoms with Crippen LogP contribution in [0.25, 0.3) is 0 Å². The molecule has 0 unspecified atom stereocenters. The quantitative estimate of drug-likeness (QED) is 0.571. The highest BCUT2D eigenvalue weighted by Crippen LogP contribution is 2.23. The van der Waals surface area contributed by atoms with Gasteiger partial charge in [-0.1, -0.05) is 60.7 Å². The van der Waals surface area contributed by atoms with Crippen LogP contribution in [0, 0.1) is 0 Å². The molecule has 0 aliphatic carbocycles. The number of methoxy groups -OCH3 is 1. The van der Waals surface area contributed by atoms with Crippen LogP contribution in [0.4, 0.5) is 0 Å². The minimum absolute atomic E-state index is 0.00681. The van der Waals surface area contributed by atoms with Gasteiger partial charge in [0.2, 0.25) is 0 Å². The van der Waals surface area contributed by atoms with E-state index in [4.69, 9.17) is 4.74 Å². The van der Waals surface area contributed by atoms with Gasteiger partial charge in [0.05, 0.1) is 0 Å². The fourth-order valence-electron chi connectivity index (χ4n) is 2.57. The zero-order chi connectivity index (χ0) is 17.9. The molecule has 2 amide bonds. The molecule has 0 saturated carbocycles. The van der Waals surface area contributed by atoms with E-state index in [1.54, 1.807) is 7.11 Å². The minimum atomic E-state index is -0.616. The Morgan fingerprint density at radius 3 is 1.92 bits per heavy atom. The summed E-state index contributed by atoms with van der Waals surface area (Å²) < 4.78 is 4.91. The molecule has 5 nitrogen and oxygen atoms in total. The highest BCUT2D eigenvalue weighted by atomic mass is 16.5. The van der Waals surface area contributed by atoms with Gasteiger partial charge in [0, 0.05) is 32.7 Å². The van der Waals surface area contributed by atoms with Gasteiger partial charge in [0.15, 0.2) is 0 Å². The predicted molar refractivity (Wildman–Crippen MR) is 97.2 cm³/mol. The average Bonchev–Trinajstić information content (AvgIpc) is 2.67. The van der Waals surface area contributed by atoms with Crippen molar-refractivity contribution in [3.63, 3.8) is 0 Å². The summed E-state index contributed by atoms with van der Waals surface area (Å²) in [5.74, 6) is -1.24. The number of carbonyl (C=O) groups is 2. The molecule has 0 heterocycles. The highest BCUT2D eigenvalue weighted by Gasteiger charge is 2.18. The largest absolute Gasteiger partial charge is 0.385 e. The predicted octanol–water partition coefficient (Wildman–Crippen LogP) is 2.09. The molecule has 5 heteroatoms. The lowest BCUT2D eigenvalue weighted by atomic mass is 9.91. The second-order valence-corrected chi connectivity index (χ2v) is 5.69. The Labute approximate surface area is 148 Å². The van der Waals surface area contributed by atoms with Gasteiger partial charge in [0.25, 0.3) is 0 Å². The third-order valence-electron chi connectivity index (χ3n) is 3.89. The molecule has 0 radical (unpaired) electrons. The highest BCUT2D eigenvalue weighted by molar-refractivity contribution is 6.35. The van der Waals surface area contributed by atoms with E-state index in [9.17, 15) is 9.59 Å². The van der Waals surface area contributed by atoms with Gasteiger partial charge in [-0.25, -0.2) is 0 Å². The Morgan fingerprint density at radius 1 is 0.880 bits per heavy atom. The monoisotopic (exact) mass is 340 g/mol. The van der Waals surface area contributed by atoms with Crippen molar-refractivity contribution in [2.45, 2.75) is 12.3 Å². The molecular weight excluding hydrogens is 316 g/mol. The fourth-order valence-corrected chi connectivity index (χ4v) is 2.57. The topological polar surface area (TPSA) is 67.4 Å². The van der Waals surface area contributed by atoms with Gasteiger partial charge in [-0.3, -0.25) is 9.59 Å². The van der Waals surface area contributed by atoms with Crippen LogP contribution in [0.1, 0.15) is 23.5 Å². The number of benzene rings is 2. The normalized spacial score (nSPS) is 10.5. The van der Waals surface area contributed by atoms with Gasteiger partial charge in [0.1, 0.15) is 0 Å². The first kappa shape index (κ1) is 18.7. The third-order valence-corrected chi connectivity index (χ3v) is 3.89. The molecule has 0 spiro atoms. The second kappa shape index (κ2) is 10.3. The molecule has 0 fully saturated rings. The Balaban J connectivity index is 1.96. The SMILES string of the molecule is COCCCNC(=O)C(=O)NCC(c1ccccc1)c1ccccc1. The molecule has 2 aromatic rings. The lowest BCUT2D eigenvalue weighted by Crippen LogP contribution is -2.42. The van der Waals surface area contributed by atoms with Crippen LogP contribution in [-0.4, -0.2) is 38.6 Å². The summed E-state index contributed by atoms with van der Waals surface area (Å²) in [4.78, 5) is 23.8.